The molecule has 1 saturated carbocycles. The van der Waals surface area contributed by atoms with Crippen LogP contribution in [0.25, 0.3) is 22.2 Å². The predicted molar refractivity (Wildman–Crippen MR) is 130 cm³/mol. The predicted octanol–water partition coefficient (Wildman–Crippen LogP) is 5.06. The van der Waals surface area contributed by atoms with Gasteiger partial charge < -0.3 is 19.9 Å². The molecule has 5 rings (SSSR count). The third kappa shape index (κ3) is 3.28. The van der Waals surface area contributed by atoms with Crippen LogP contribution in [-0.4, -0.2) is 44.3 Å². The summed E-state index contributed by atoms with van der Waals surface area (Å²) < 4.78 is 7.63. The molecule has 6 heteroatoms. The number of benzene rings is 2. The number of aliphatic hydroxyl groups excluding tert-OH is 1. The number of aromatic amines is 1. The number of nitrogens with one attached hydrogen (secondary N) is 1. The van der Waals surface area contributed by atoms with Gasteiger partial charge >= 0.3 is 0 Å². The van der Waals surface area contributed by atoms with E-state index in [9.17, 15) is 10.2 Å². The number of aliphatic hydroxyl groups is 1. The van der Waals surface area contributed by atoms with E-state index in [2.05, 4.69) is 11.1 Å². The van der Waals surface area contributed by atoms with E-state index in [0.29, 0.717) is 11.3 Å². The average Bonchev–Trinajstić information content (AvgIpc) is 3.29. The van der Waals surface area contributed by atoms with Crippen molar-refractivity contribution in [1.82, 2.24) is 14.8 Å². The van der Waals surface area contributed by atoms with Crippen LogP contribution in [0.3, 0.4) is 0 Å². The standard InChI is InChI=1S/C27H31N3O3/c1-15-19(17-13-9-10-14-18(17)28-15)21-24(31)22(25(21)33-5)20-23(16-11-7-6-8-12-16)29-30(26(20)32)27(2,3)4/h6-14,21-22,24-25,28,31-32H,1-5H3. The van der Waals surface area contributed by atoms with E-state index in [1.54, 1.807) is 11.8 Å². The number of hydrogen-bond acceptors (Lipinski definition) is 4. The van der Waals surface area contributed by atoms with Gasteiger partial charge in [-0.2, -0.15) is 5.10 Å². The van der Waals surface area contributed by atoms with Crippen molar-refractivity contribution in [2.45, 2.75) is 57.3 Å². The third-order valence-electron chi connectivity index (χ3n) is 6.91. The lowest BCUT2D eigenvalue weighted by molar-refractivity contribution is -0.0988. The van der Waals surface area contributed by atoms with E-state index in [4.69, 9.17) is 9.84 Å². The number of rotatable bonds is 4. The number of aromatic nitrogens is 3. The van der Waals surface area contributed by atoms with Gasteiger partial charge in [0.05, 0.1) is 29.0 Å². The first-order chi connectivity index (χ1) is 15.7. The largest absolute Gasteiger partial charge is 0.493 e. The van der Waals surface area contributed by atoms with E-state index in [0.717, 1.165) is 27.7 Å². The first-order valence-electron chi connectivity index (χ1n) is 11.4. The molecule has 2 heterocycles. The van der Waals surface area contributed by atoms with Crippen molar-refractivity contribution in [2.24, 2.45) is 0 Å². The summed E-state index contributed by atoms with van der Waals surface area (Å²) in [5, 5.41) is 28.8. The van der Waals surface area contributed by atoms with Crippen molar-refractivity contribution in [3.05, 3.63) is 71.4 Å². The molecular formula is C27H31N3O3. The van der Waals surface area contributed by atoms with Crippen LogP contribution in [0.2, 0.25) is 0 Å². The van der Waals surface area contributed by atoms with Crippen LogP contribution in [0.15, 0.2) is 54.6 Å². The summed E-state index contributed by atoms with van der Waals surface area (Å²) in [6.07, 6.45) is -1.03. The molecule has 3 N–H and O–H groups in total. The molecule has 1 aliphatic rings. The van der Waals surface area contributed by atoms with E-state index in [-0.39, 0.29) is 17.9 Å². The molecular weight excluding hydrogens is 414 g/mol. The van der Waals surface area contributed by atoms with Gasteiger partial charge in [-0.3, -0.25) is 0 Å². The molecule has 1 fully saturated rings. The van der Waals surface area contributed by atoms with Crippen molar-refractivity contribution in [3.8, 4) is 17.1 Å². The summed E-state index contributed by atoms with van der Waals surface area (Å²) in [5.41, 5.74) is 4.95. The molecule has 4 unspecified atom stereocenters. The molecule has 0 radical (unpaired) electrons. The topological polar surface area (TPSA) is 83.3 Å². The van der Waals surface area contributed by atoms with Gasteiger partial charge in [0.15, 0.2) is 0 Å². The number of hydrogen-bond donors (Lipinski definition) is 3. The molecule has 2 aromatic carbocycles. The zero-order chi connectivity index (χ0) is 23.5. The average molecular weight is 446 g/mol. The summed E-state index contributed by atoms with van der Waals surface area (Å²) in [7, 11) is 1.67. The normalized spacial score (nSPS) is 23.1. The molecule has 6 nitrogen and oxygen atoms in total. The molecule has 0 saturated heterocycles. The fourth-order valence-corrected chi connectivity index (χ4v) is 5.39. The van der Waals surface area contributed by atoms with Crippen molar-refractivity contribution in [3.63, 3.8) is 0 Å². The number of fused-ring (bicyclic) bond motifs is 1. The summed E-state index contributed by atoms with van der Waals surface area (Å²) in [4.78, 5) is 3.44. The summed E-state index contributed by atoms with van der Waals surface area (Å²) in [6, 6.07) is 17.9. The molecule has 0 aliphatic heterocycles. The highest BCUT2D eigenvalue weighted by Crippen LogP contribution is 2.55. The smallest absolute Gasteiger partial charge is 0.214 e. The van der Waals surface area contributed by atoms with Gasteiger partial charge in [-0.05, 0) is 39.3 Å². The highest BCUT2D eigenvalue weighted by Gasteiger charge is 2.55. The Morgan fingerprint density at radius 2 is 1.61 bits per heavy atom. The Morgan fingerprint density at radius 3 is 2.27 bits per heavy atom. The van der Waals surface area contributed by atoms with Gasteiger partial charge in [0.25, 0.3) is 0 Å². The lowest BCUT2D eigenvalue weighted by Crippen LogP contribution is -2.53. The zero-order valence-electron chi connectivity index (χ0n) is 19.7. The number of H-pyrrole nitrogens is 1. The maximum Gasteiger partial charge on any atom is 0.214 e. The van der Waals surface area contributed by atoms with Crippen LogP contribution in [0, 0.1) is 6.92 Å². The molecule has 0 bridgehead atoms. The highest BCUT2D eigenvalue weighted by molar-refractivity contribution is 5.85. The van der Waals surface area contributed by atoms with Crippen molar-refractivity contribution >= 4 is 10.9 Å². The lowest BCUT2D eigenvalue weighted by Gasteiger charge is -2.48. The number of para-hydroxylation sites is 1. The second kappa shape index (κ2) is 7.75. The zero-order valence-corrected chi connectivity index (χ0v) is 19.7. The van der Waals surface area contributed by atoms with Gasteiger partial charge in [-0.15, -0.1) is 0 Å². The van der Waals surface area contributed by atoms with Gasteiger partial charge in [-0.1, -0.05) is 48.5 Å². The van der Waals surface area contributed by atoms with Crippen LogP contribution < -0.4 is 0 Å². The fraction of sp³-hybridized carbons (Fsp3) is 0.370. The third-order valence-corrected chi connectivity index (χ3v) is 6.91. The summed E-state index contributed by atoms with van der Waals surface area (Å²) >= 11 is 0. The number of aryl methyl sites for hydroxylation is 1. The molecule has 0 spiro atoms. The molecule has 0 amide bonds. The molecule has 172 valence electrons. The Hall–Kier alpha value is -3.09. The van der Waals surface area contributed by atoms with Crippen LogP contribution >= 0.6 is 0 Å². The maximum absolute atomic E-state index is 11.5. The van der Waals surface area contributed by atoms with Crippen LogP contribution in [0.5, 0.6) is 5.88 Å². The number of nitrogens with zero attached hydrogens (tertiary/aromatic N) is 2. The van der Waals surface area contributed by atoms with Crippen LogP contribution in [0.1, 0.15) is 49.4 Å². The van der Waals surface area contributed by atoms with Crippen molar-refractivity contribution in [1.29, 1.82) is 0 Å². The molecule has 1 aliphatic carbocycles. The van der Waals surface area contributed by atoms with Crippen LogP contribution in [-0.2, 0) is 10.3 Å². The Kier molecular flexibility index (Phi) is 5.10. The first kappa shape index (κ1) is 21.7. The minimum absolute atomic E-state index is 0.0848. The van der Waals surface area contributed by atoms with Crippen LogP contribution in [0.4, 0.5) is 0 Å². The number of methoxy groups -OCH3 is 1. The van der Waals surface area contributed by atoms with Gasteiger partial charge in [-0.25, -0.2) is 4.68 Å². The Bertz CT molecular complexity index is 1300. The van der Waals surface area contributed by atoms with Gasteiger partial charge in [0.1, 0.15) is 0 Å². The number of aromatic hydroxyl groups is 1. The molecule has 2 aromatic heterocycles. The fourth-order valence-electron chi connectivity index (χ4n) is 5.39. The maximum atomic E-state index is 11.5. The summed E-state index contributed by atoms with van der Waals surface area (Å²) in [6.45, 7) is 8.04. The van der Waals surface area contributed by atoms with E-state index in [1.807, 2.05) is 76.2 Å². The van der Waals surface area contributed by atoms with E-state index >= 15 is 0 Å². The first-order valence-corrected chi connectivity index (χ1v) is 11.4. The second-order valence-corrected chi connectivity index (χ2v) is 9.99. The van der Waals surface area contributed by atoms with Gasteiger partial charge in [0, 0.05) is 41.1 Å². The van der Waals surface area contributed by atoms with E-state index in [1.165, 1.54) is 0 Å². The Morgan fingerprint density at radius 1 is 0.970 bits per heavy atom. The molecule has 4 atom stereocenters. The minimum atomic E-state index is -0.723. The minimum Gasteiger partial charge on any atom is -0.493 e. The van der Waals surface area contributed by atoms with E-state index < -0.39 is 17.6 Å². The molecule has 4 aromatic rings. The lowest BCUT2D eigenvalue weighted by atomic mass is 9.62. The Balaban J connectivity index is 1.64. The second-order valence-electron chi connectivity index (χ2n) is 9.99. The number of ether oxygens (including phenoxy) is 1. The highest BCUT2D eigenvalue weighted by atomic mass is 16.5. The molecule has 33 heavy (non-hydrogen) atoms. The Labute approximate surface area is 193 Å². The van der Waals surface area contributed by atoms with Gasteiger partial charge in [0.2, 0.25) is 5.88 Å². The summed E-state index contributed by atoms with van der Waals surface area (Å²) in [5.74, 6) is -0.530. The SMILES string of the molecule is COC1C(c2c(-c3ccccc3)nn(C(C)(C)C)c2O)C(O)C1c1c(C)[nH]c2ccccc12. The van der Waals surface area contributed by atoms with Crippen molar-refractivity contribution in [2.75, 3.05) is 7.11 Å². The quantitative estimate of drug-likeness (QED) is 0.410. The van der Waals surface area contributed by atoms with Crippen molar-refractivity contribution < 1.29 is 14.9 Å². The monoisotopic (exact) mass is 445 g/mol.